The molecule has 0 unspecified atom stereocenters. The highest BCUT2D eigenvalue weighted by Gasteiger charge is 2.24. The Bertz CT molecular complexity index is 309. The van der Waals surface area contributed by atoms with Crippen molar-refractivity contribution in [2.75, 3.05) is 5.43 Å². The van der Waals surface area contributed by atoms with Gasteiger partial charge in [-0.1, -0.05) is 12.1 Å². The summed E-state index contributed by atoms with van der Waals surface area (Å²) in [5.74, 6) is 6.27. The number of nitrogen functional groups attached to an aromatic ring is 1. The molecule has 2 rings (SSSR count). The summed E-state index contributed by atoms with van der Waals surface area (Å²) in [4.78, 5) is 0. The number of hydrazine groups is 1. The van der Waals surface area contributed by atoms with Crippen molar-refractivity contribution in [1.82, 2.24) is 0 Å². The molecule has 1 saturated carbocycles. The van der Waals surface area contributed by atoms with E-state index in [4.69, 9.17) is 5.84 Å². The van der Waals surface area contributed by atoms with Crippen molar-refractivity contribution >= 4 is 18.1 Å². The Morgan fingerprint density at radius 3 is 2.07 bits per heavy atom. The number of benzene rings is 1. The van der Waals surface area contributed by atoms with E-state index < -0.39 is 0 Å². The van der Waals surface area contributed by atoms with Crippen molar-refractivity contribution in [3.05, 3.63) is 28.8 Å². The molecule has 3 N–H and O–H groups in total. The summed E-state index contributed by atoms with van der Waals surface area (Å²) < 4.78 is 0. The van der Waals surface area contributed by atoms with Gasteiger partial charge >= 0.3 is 0 Å². The van der Waals surface area contributed by atoms with Crippen molar-refractivity contribution < 1.29 is 0 Å². The Morgan fingerprint density at radius 2 is 1.71 bits per heavy atom. The predicted octanol–water partition coefficient (Wildman–Crippen LogP) is 2.89. The summed E-state index contributed by atoms with van der Waals surface area (Å²) in [6, 6.07) is 4.50. The van der Waals surface area contributed by atoms with E-state index >= 15 is 0 Å². The van der Waals surface area contributed by atoms with Gasteiger partial charge in [-0.3, -0.25) is 5.84 Å². The van der Waals surface area contributed by atoms with Gasteiger partial charge < -0.3 is 5.43 Å². The standard InChI is InChI=1S/C11H16N2.ClH/c1-7-5-10(9-3-4-9)6-8(2)11(7)13-12;/h5-6,9,13H,3-4,12H2,1-2H3;1H. The number of hydrogen-bond acceptors (Lipinski definition) is 2. The summed E-state index contributed by atoms with van der Waals surface area (Å²) >= 11 is 0. The molecule has 78 valence electrons. The molecule has 0 saturated heterocycles. The second kappa shape index (κ2) is 4.20. The van der Waals surface area contributed by atoms with Gasteiger partial charge in [-0.05, 0) is 49.3 Å². The van der Waals surface area contributed by atoms with Crippen LogP contribution in [0.15, 0.2) is 12.1 Å². The normalized spacial score (nSPS) is 14.8. The third-order valence-corrected chi connectivity index (χ3v) is 2.75. The van der Waals surface area contributed by atoms with Gasteiger partial charge in [0.15, 0.2) is 0 Å². The van der Waals surface area contributed by atoms with E-state index in [1.54, 1.807) is 0 Å². The van der Waals surface area contributed by atoms with Crippen LogP contribution in [0.4, 0.5) is 5.69 Å². The van der Waals surface area contributed by atoms with Crippen LogP contribution in [0.2, 0.25) is 0 Å². The summed E-state index contributed by atoms with van der Waals surface area (Å²) in [7, 11) is 0. The van der Waals surface area contributed by atoms with Crippen LogP contribution in [0, 0.1) is 13.8 Å². The van der Waals surface area contributed by atoms with E-state index in [2.05, 4.69) is 31.4 Å². The molecule has 0 amide bonds. The van der Waals surface area contributed by atoms with Crippen LogP contribution in [0.1, 0.15) is 35.4 Å². The first-order chi connectivity index (χ1) is 6.22. The molecule has 0 atom stereocenters. The van der Waals surface area contributed by atoms with Gasteiger partial charge in [-0.15, -0.1) is 12.4 Å². The molecule has 1 aromatic rings. The van der Waals surface area contributed by atoms with Crippen LogP contribution in [-0.4, -0.2) is 0 Å². The Hall–Kier alpha value is -0.730. The maximum absolute atomic E-state index is 5.44. The minimum Gasteiger partial charge on any atom is -0.324 e. The zero-order valence-electron chi connectivity index (χ0n) is 8.63. The number of hydrogen-bond donors (Lipinski definition) is 2. The Morgan fingerprint density at radius 1 is 1.21 bits per heavy atom. The molecule has 0 spiro atoms. The summed E-state index contributed by atoms with van der Waals surface area (Å²) in [5.41, 5.74) is 7.81. The highest BCUT2D eigenvalue weighted by molar-refractivity contribution is 5.85. The van der Waals surface area contributed by atoms with Crippen molar-refractivity contribution in [1.29, 1.82) is 0 Å². The van der Waals surface area contributed by atoms with E-state index in [9.17, 15) is 0 Å². The number of nitrogens with one attached hydrogen (secondary N) is 1. The van der Waals surface area contributed by atoms with E-state index in [1.165, 1.54) is 29.5 Å². The highest BCUT2D eigenvalue weighted by atomic mass is 35.5. The molecule has 0 bridgehead atoms. The SMILES string of the molecule is Cc1cc(C2CC2)cc(C)c1NN.Cl. The predicted molar refractivity (Wildman–Crippen MR) is 62.9 cm³/mol. The molecule has 0 heterocycles. The quantitative estimate of drug-likeness (QED) is 0.585. The van der Waals surface area contributed by atoms with Gasteiger partial charge in [0.1, 0.15) is 0 Å². The molecular formula is C11H17ClN2. The summed E-state index contributed by atoms with van der Waals surface area (Å²) in [6.07, 6.45) is 2.71. The first kappa shape index (κ1) is 11.3. The van der Waals surface area contributed by atoms with Crippen LogP contribution in [0.3, 0.4) is 0 Å². The van der Waals surface area contributed by atoms with Gasteiger partial charge in [-0.2, -0.15) is 0 Å². The van der Waals surface area contributed by atoms with Crippen LogP contribution >= 0.6 is 12.4 Å². The molecule has 0 radical (unpaired) electrons. The van der Waals surface area contributed by atoms with Crippen LogP contribution in [0.5, 0.6) is 0 Å². The van der Waals surface area contributed by atoms with E-state index in [0.717, 1.165) is 11.6 Å². The second-order valence-electron chi connectivity index (χ2n) is 3.95. The van der Waals surface area contributed by atoms with E-state index in [0.29, 0.717) is 0 Å². The number of nitrogens with two attached hydrogens (primary N) is 1. The number of halogens is 1. The van der Waals surface area contributed by atoms with Gasteiger partial charge in [-0.25, -0.2) is 0 Å². The Labute approximate surface area is 91.3 Å². The monoisotopic (exact) mass is 212 g/mol. The number of rotatable bonds is 2. The third-order valence-electron chi connectivity index (χ3n) is 2.75. The number of anilines is 1. The topological polar surface area (TPSA) is 38.0 Å². The third kappa shape index (κ3) is 2.02. The molecule has 0 aliphatic heterocycles. The molecular weight excluding hydrogens is 196 g/mol. The lowest BCUT2D eigenvalue weighted by Gasteiger charge is -2.11. The maximum Gasteiger partial charge on any atom is 0.0543 e. The summed E-state index contributed by atoms with van der Waals surface area (Å²) in [5, 5.41) is 0. The fourth-order valence-corrected chi connectivity index (χ4v) is 1.88. The fraction of sp³-hybridized carbons (Fsp3) is 0.455. The molecule has 1 aromatic carbocycles. The minimum absolute atomic E-state index is 0. The summed E-state index contributed by atoms with van der Waals surface area (Å²) in [6.45, 7) is 4.21. The maximum atomic E-state index is 5.44. The van der Waals surface area contributed by atoms with Gasteiger partial charge in [0.25, 0.3) is 0 Å². The zero-order valence-corrected chi connectivity index (χ0v) is 9.45. The Balaban J connectivity index is 0.000000980. The first-order valence-electron chi connectivity index (χ1n) is 4.80. The molecule has 1 fully saturated rings. The fourth-order valence-electron chi connectivity index (χ4n) is 1.88. The van der Waals surface area contributed by atoms with E-state index in [-0.39, 0.29) is 12.4 Å². The lowest BCUT2D eigenvalue weighted by molar-refractivity contribution is 1.11. The molecule has 1 aliphatic carbocycles. The van der Waals surface area contributed by atoms with E-state index in [1.807, 2.05) is 0 Å². The number of aryl methyl sites for hydroxylation is 2. The molecule has 14 heavy (non-hydrogen) atoms. The van der Waals surface area contributed by atoms with Crippen LogP contribution in [0.25, 0.3) is 0 Å². The lowest BCUT2D eigenvalue weighted by Crippen LogP contribution is -2.10. The largest absolute Gasteiger partial charge is 0.324 e. The first-order valence-corrected chi connectivity index (χ1v) is 4.80. The van der Waals surface area contributed by atoms with Gasteiger partial charge in [0.2, 0.25) is 0 Å². The lowest BCUT2D eigenvalue weighted by atomic mass is 10.0. The van der Waals surface area contributed by atoms with Gasteiger partial charge in [0.05, 0.1) is 5.69 Å². The minimum atomic E-state index is 0. The van der Waals surface area contributed by atoms with Crippen molar-refractivity contribution in [3.8, 4) is 0 Å². The molecule has 2 nitrogen and oxygen atoms in total. The molecule has 0 aromatic heterocycles. The van der Waals surface area contributed by atoms with Crippen LogP contribution < -0.4 is 11.3 Å². The van der Waals surface area contributed by atoms with Crippen molar-refractivity contribution in [3.63, 3.8) is 0 Å². The Kier molecular flexibility index (Phi) is 3.40. The average molecular weight is 213 g/mol. The van der Waals surface area contributed by atoms with Crippen molar-refractivity contribution in [2.45, 2.75) is 32.6 Å². The molecule has 1 aliphatic rings. The average Bonchev–Trinajstić information content (AvgIpc) is 2.85. The zero-order chi connectivity index (χ0) is 9.42. The highest BCUT2D eigenvalue weighted by Crippen LogP contribution is 2.41. The molecule has 3 heteroatoms. The van der Waals surface area contributed by atoms with Gasteiger partial charge in [0, 0.05) is 0 Å². The van der Waals surface area contributed by atoms with Crippen molar-refractivity contribution in [2.24, 2.45) is 5.84 Å². The smallest absolute Gasteiger partial charge is 0.0543 e. The van der Waals surface area contributed by atoms with Crippen LogP contribution in [-0.2, 0) is 0 Å². The second-order valence-corrected chi connectivity index (χ2v) is 3.95.